The SMILES string of the molecule is C=C(C)[C@H]1CCC2=CC(=O)C[C@H](C)[C@@]2(C)C1. The average molecular weight is 218 g/mol. The van der Waals surface area contributed by atoms with E-state index in [2.05, 4.69) is 27.4 Å². The van der Waals surface area contributed by atoms with Crippen molar-refractivity contribution in [3.05, 3.63) is 23.8 Å². The van der Waals surface area contributed by atoms with Crippen molar-refractivity contribution >= 4 is 5.78 Å². The molecule has 1 nitrogen and oxygen atoms in total. The molecule has 0 saturated heterocycles. The van der Waals surface area contributed by atoms with Crippen LogP contribution >= 0.6 is 0 Å². The van der Waals surface area contributed by atoms with Crippen LogP contribution in [-0.2, 0) is 4.79 Å². The summed E-state index contributed by atoms with van der Waals surface area (Å²) in [7, 11) is 0. The Kier molecular flexibility index (Phi) is 2.81. The van der Waals surface area contributed by atoms with Gasteiger partial charge in [-0.3, -0.25) is 4.79 Å². The second-order valence-electron chi connectivity index (χ2n) is 5.94. The monoisotopic (exact) mass is 218 g/mol. The highest BCUT2D eigenvalue weighted by atomic mass is 16.1. The first-order valence-corrected chi connectivity index (χ1v) is 6.33. The molecular formula is C15H22O. The Morgan fingerprint density at radius 1 is 1.56 bits per heavy atom. The van der Waals surface area contributed by atoms with E-state index < -0.39 is 0 Å². The molecule has 88 valence electrons. The molecular weight excluding hydrogens is 196 g/mol. The van der Waals surface area contributed by atoms with E-state index in [9.17, 15) is 4.79 Å². The second kappa shape index (κ2) is 3.87. The summed E-state index contributed by atoms with van der Waals surface area (Å²) in [5.74, 6) is 1.47. The van der Waals surface area contributed by atoms with Crippen LogP contribution in [0, 0.1) is 17.3 Å². The molecule has 1 heteroatoms. The minimum Gasteiger partial charge on any atom is -0.295 e. The lowest BCUT2D eigenvalue weighted by Crippen LogP contribution is -2.38. The van der Waals surface area contributed by atoms with Gasteiger partial charge in [0.05, 0.1) is 0 Å². The van der Waals surface area contributed by atoms with Gasteiger partial charge in [-0.05, 0) is 49.5 Å². The minimum absolute atomic E-state index is 0.246. The summed E-state index contributed by atoms with van der Waals surface area (Å²) < 4.78 is 0. The Morgan fingerprint density at radius 2 is 2.25 bits per heavy atom. The first-order valence-electron chi connectivity index (χ1n) is 6.33. The smallest absolute Gasteiger partial charge is 0.155 e. The summed E-state index contributed by atoms with van der Waals surface area (Å²) in [4.78, 5) is 11.6. The van der Waals surface area contributed by atoms with Gasteiger partial charge in [-0.15, -0.1) is 0 Å². The average Bonchev–Trinajstić information content (AvgIpc) is 2.19. The maximum Gasteiger partial charge on any atom is 0.155 e. The third kappa shape index (κ3) is 1.77. The minimum atomic E-state index is 0.246. The summed E-state index contributed by atoms with van der Waals surface area (Å²) in [5.41, 5.74) is 2.95. The van der Waals surface area contributed by atoms with Gasteiger partial charge in [0.25, 0.3) is 0 Å². The quantitative estimate of drug-likeness (QED) is 0.610. The lowest BCUT2D eigenvalue weighted by Gasteiger charge is -2.47. The topological polar surface area (TPSA) is 17.1 Å². The fourth-order valence-corrected chi connectivity index (χ4v) is 3.32. The van der Waals surface area contributed by atoms with E-state index in [-0.39, 0.29) is 5.41 Å². The summed E-state index contributed by atoms with van der Waals surface area (Å²) >= 11 is 0. The summed E-state index contributed by atoms with van der Waals surface area (Å²) in [6.07, 6.45) is 6.10. The molecule has 0 N–H and O–H groups in total. The van der Waals surface area contributed by atoms with E-state index in [1.165, 1.54) is 24.0 Å². The normalized spacial score (nSPS) is 38.9. The highest BCUT2D eigenvalue weighted by Crippen LogP contribution is 2.52. The molecule has 0 bridgehead atoms. The number of carbonyl (C=O) groups is 1. The Morgan fingerprint density at radius 3 is 2.88 bits per heavy atom. The number of hydrogen-bond acceptors (Lipinski definition) is 1. The molecule has 1 saturated carbocycles. The Labute approximate surface area is 98.6 Å². The van der Waals surface area contributed by atoms with Crippen LogP contribution in [0.25, 0.3) is 0 Å². The fraction of sp³-hybridized carbons (Fsp3) is 0.667. The standard InChI is InChI=1S/C15H22O/c1-10(2)12-5-6-13-8-14(16)7-11(3)15(13,4)9-12/h8,11-12H,1,5-7,9H2,2-4H3/t11-,12-,15+/m0/s1. The van der Waals surface area contributed by atoms with Crippen molar-refractivity contribution < 1.29 is 4.79 Å². The van der Waals surface area contributed by atoms with Crippen LogP contribution in [0.5, 0.6) is 0 Å². The zero-order chi connectivity index (χ0) is 11.9. The first-order chi connectivity index (χ1) is 7.43. The molecule has 3 atom stereocenters. The molecule has 0 aromatic rings. The number of carbonyl (C=O) groups excluding carboxylic acids is 1. The van der Waals surface area contributed by atoms with Crippen molar-refractivity contribution in [1.82, 2.24) is 0 Å². The van der Waals surface area contributed by atoms with E-state index in [0.29, 0.717) is 17.6 Å². The van der Waals surface area contributed by atoms with E-state index in [1.54, 1.807) is 0 Å². The maximum atomic E-state index is 11.6. The van der Waals surface area contributed by atoms with Gasteiger partial charge in [0.15, 0.2) is 5.78 Å². The fourth-order valence-electron chi connectivity index (χ4n) is 3.32. The predicted octanol–water partition coefficient (Wildman–Crippen LogP) is 3.90. The third-order valence-electron chi connectivity index (χ3n) is 4.79. The van der Waals surface area contributed by atoms with Gasteiger partial charge in [0.1, 0.15) is 0 Å². The number of rotatable bonds is 1. The molecule has 0 heterocycles. The maximum absolute atomic E-state index is 11.6. The van der Waals surface area contributed by atoms with Crippen LogP contribution in [0.1, 0.15) is 46.5 Å². The molecule has 0 aromatic carbocycles. The molecule has 2 aliphatic carbocycles. The summed E-state index contributed by atoms with van der Waals surface area (Å²) in [6.45, 7) is 10.8. The molecule has 2 aliphatic rings. The van der Waals surface area contributed by atoms with Gasteiger partial charge in [-0.25, -0.2) is 0 Å². The molecule has 0 spiro atoms. The van der Waals surface area contributed by atoms with Gasteiger partial charge in [0, 0.05) is 6.42 Å². The van der Waals surface area contributed by atoms with Gasteiger partial charge >= 0.3 is 0 Å². The van der Waals surface area contributed by atoms with Gasteiger partial charge in [-0.1, -0.05) is 31.6 Å². The molecule has 0 unspecified atom stereocenters. The molecule has 0 amide bonds. The van der Waals surface area contributed by atoms with Crippen molar-refractivity contribution in [2.45, 2.75) is 46.5 Å². The van der Waals surface area contributed by atoms with Crippen molar-refractivity contribution in [1.29, 1.82) is 0 Å². The molecule has 0 aromatic heterocycles. The molecule has 16 heavy (non-hydrogen) atoms. The zero-order valence-electron chi connectivity index (χ0n) is 10.7. The predicted molar refractivity (Wildman–Crippen MR) is 67.1 cm³/mol. The largest absolute Gasteiger partial charge is 0.295 e. The van der Waals surface area contributed by atoms with E-state index in [0.717, 1.165) is 12.8 Å². The molecule has 0 radical (unpaired) electrons. The van der Waals surface area contributed by atoms with Crippen LogP contribution in [0.15, 0.2) is 23.8 Å². The molecule has 0 aliphatic heterocycles. The molecule has 2 rings (SSSR count). The number of hydrogen-bond donors (Lipinski definition) is 0. The van der Waals surface area contributed by atoms with Crippen molar-refractivity contribution in [2.24, 2.45) is 17.3 Å². The number of ketones is 1. The van der Waals surface area contributed by atoms with E-state index in [4.69, 9.17) is 0 Å². The van der Waals surface area contributed by atoms with Crippen molar-refractivity contribution in [3.63, 3.8) is 0 Å². The number of fused-ring (bicyclic) bond motifs is 1. The zero-order valence-corrected chi connectivity index (χ0v) is 10.7. The van der Waals surface area contributed by atoms with E-state index >= 15 is 0 Å². The first kappa shape index (κ1) is 11.6. The van der Waals surface area contributed by atoms with Crippen LogP contribution in [0.3, 0.4) is 0 Å². The highest BCUT2D eigenvalue weighted by Gasteiger charge is 2.43. The lowest BCUT2D eigenvalue weighted by atomic mass is 9.57. The lowest BCUT2D eigenvalue weighted by molar-refractivity contribution is -0.117. The van der Waals surface area contributed by atoms with Crippen LogP contribution in [0.2, 0.25) is 0 Å². The Bertz CT molecular complexity index is 364. The van der Waals surface area contributed by atoms with Gasteiger partial charge < -0.3 is 0 Å². The molecule has 1 fully saturated rings. The summed E-state index contributed by atoms with van der Waals surface area (Å²) in [6, 6.07) is 0. The Hall–Kier alpha value is -0.850. The van der Waals surface area contributed by atoms with Gasteiger partial charge in [0.2, 0.25) is 0 Å². The van der Waals surface area contributed by atoms with Crippen LogP contribution in [0.4, 0.5) is 0 Å². The second-order valence-corrected chi connectivity index (χ2v) is 5.94. The Balaban J connectivity index is 2.30. The van der Waals surface area contributed by atoms with E-state index in [1.807, 2.05) is 6.08 Å². The van der Waals surface area contributed by atoms with Crippen LogP contribution < -0.4 is 0 Å². The van der Waals surface area contributed by atoms with Crippen molar-refractivity contribution in [3.8, 4) is 0 Å². The summed E-state index contributed by atoms with van der Waals surface area (Å²) in [5, 5.41) is 0. The van der Waals surface area contributed by atoms with Crippen molar-refractivity contribution in [2.75, 3.05) is 0 Å². The van der Waals surface area contributed by atoms with Gasteiger partial charge in [-0.2, -0.15) is 0 Å². The van der Waals surface area contributed by atoms with Crippen LogP contribution in [-0.4, -0.2) is 5.78 Å². The third-order valence-corrected chi connectivity index (χ3v) is 4.79. The number of allylic oxidation sites excluding steroid dienone is 3. The highest BCUT2D eigenvalue weighted by molar-refractivity contribution is 5.92.